The fraction of sp³-hybridized carbons (Fsp3) is 0.316. The molecule has 3 rings (SSSR count). The maximum absolute atomic E-state index is 13.6. The van der Waals surface area contributed by atoms with E-state index in [9.17, 15) is 13.6 Å². The van der Waals surface area contributed by atoms with Crippen molar-refractivity contribution in [1.82, 2.24) is 10.2 Å². The van der Waals surface area contributed by atoms with Crippen molar-refractivity contribution in [2.75, 3.05) is 44.2 Å². The molecule has 1 aliphatic rings. The second-order valence-electron chi connectivity index (χ2n) is 6.04. The number of halogens is 2. The molecule has 25 heavy (non-hydrogen) atoms. The minimum atomic E-state index is -0.713. The number of piperazine rings is 1. The van der Waals surface area contributed by atoms with Crippen LogP contribution in [-0.2, 0) is 0 Å². The lowest BCUT2D eigenvalue weighted by atomic mass is 10.2. The van der Waals surface area contributed by atoms with Crippen LogP contribution >= 0.6 is 0 Å². The number of rotatable bonds is 5. The van der Waals surface area contributed by atoms with Gasteiger partial charge in [0.25, 0.3) is 5.91 Å². The van der Waals surface area contributed by atoms with Crippen LogP contribution in [0, 0.1) is 11.6 Å². The maximum Gasteiger partial charge on any atom is 0.254 e. The molecule has 0 unspecified atom stereocenters. The Hall–Kier alpha value is -2.47. The quantitative estimate of drug-likeness (QED) is 0.905. The first-order chi connectivity index (χ1) is 12.1. The third-order valence-corrected chi connectivity index (χ3v) is 4.38. The molecule has 6 heteroatoms. The van der Waals surface area contributed by atoms with Crippen molar-refractivity contribution < 1.29 is 13.6 Å². The summed E-state index contributed by atoms with van der Waals surface area (Å²) in [4.78, 5) is 16.5. The van der Waals surface area contributed by atoms with Gasteiger partial charge in [-0.3, -0.25) is 9.69 Å². The standard InChI is InChI=1S/C19H21F2N3O/c20-15-6-7-18(21)17(14-15)19(25)22-8-9-23-10-12-24(13-11-23)16-4-2-1-3-5-16/h1-7,14H,8-13H2,(H,22,25). The Kier molecular flexibility index (Phi) is 5.60. The second kappa shape index (κ2) is 8.07. The Labute approximate surface area is 146 Å². The molecule has 4 nitrogen and oxygen atoms in total. The highest BCUT2D eigenvalue weighted by atomic mass is 19.1. The van der Waals surface area contributed by atoms with Gasteiger partial charge in [0, 0.05) is 45.0 Å². The molecule has 2 aromatic rings. The summed E-state index contributed by atoms with van der Waals surface area (Å²) in [6, 6.07) is 13.1. The van der Waals surface area contributed by atoms with Gasteiger partial charge in [0.05, 0.1) is 5.56 Å². The zero-order valence-corrected chi connectivity index (χ0v) is 13.9. The van der Waals surface area contributed by atoms with E-state index in [0.717, 1.165) is 44.4 Å². The lowest BCUT2D eigenvalue weighted by molar-refractivity contribution is 0.0943. The number of anilines is 1. The first kappa shape index (κ1) is 17.4. The van der Waals surface area contributed by atoms with Crippen molar-refractivity contribution in [3.8, 4) is 0 Å². The number of hydrogen-bond donors (Lipinski definition) is 1. The number of carbonyl (C=O) groups excluding carboxylic acids is 1. The molecule has 0 aromatic heterocycles. The van der Waals surface area contributed by atoms with Crippen molar-refractivity contribution in [3.63, 3.8) is 0 Å². The molecule has 0 atom stereocenters. The van der Waals surface area contributed by atoms with E-state index in [1.165, 1.54) is 5.69 Å². The molecule has 1 fully saturated rings. The van der Waals surface area contributed by atoms with Gasteiger partial charge in [-0.2, -0.15) is 0 Å². The Morgan fingerprint density at radius 1 is 1.00 bits per heavy atom. The van der Waals surface area contributed by atoms with Gasteiger partial charge in [-0.25, -0.2) is 8.78 Å². The third-order valence-electron chi connectivity index (χ3n) is 4.38. The summed E-state index contributed by atoms with van der Waals surface area (Å²) in [5.41, 5.74) is 0.964. The predicted molar refractivity (Wildman–Crippen MR) is 93.8 cm³/mol. The van der Waals surface area contributed by atoms with Gasteiger partial charge in [0.15, 0.2) is 0 Å². The molecule has 0 radical (unpaired) electrons. The van der Waals surface area contributed by atoms with Crippen LogP contribution in [0.15, 0.2) is 48.5 Å². The fourth-order valence-electron chi connectivity index (χ4n) is 2.96. The molecule has 1 heterocycles. The van der Waals surface area contributed by atoms with Crippen molar-refractivity contribution >= 4 is 11.6 Å². The third kappa shape index (κ3) is 4.54. The number of benzene rings is 2. The zero-order chi connectivity index (χ0) is 17.6. The van der Waals surface area contributed by atoms with Gasteiger partial charge in [-0.05, 0) is 30.3 Å². The van der Waals surface area contributed by atoms with Crippen LogP contribution in [0.4, 0.5) is 14.5 Å². The Morgan fingerprint density at radius 2 is 1.72 bits per heavy atom. The SMILES string of the molecule is O=C(NCCN1CCN(c2ccccc2)CC1)c1cc(F)ccc1F. The lowest BCUT2D eigenvalue weighted by Crippen LogP contribution is -2.48. The molecule has 132 valence electrons. The van der Waals surface area contributed by atoms with E-state index in [1.54, 1.807) is 0 Å². The average Bonchev–Trinajstić information content (AvgIpc) is 2.65. The topological polar surface area (TPSA) is 35.6 Å². The molecule has 0 bridgehead atoms. The normalized spacial score (nSPS) is 15.2. The largest absolute Gasteiger partial charge is 0.369 e. The first-order valence-corrected chi connectivity index (χ1v) is 8.39. The Morgan fingerprint density at radius 3 is 2.44 bits per heavy atom. The molecule has 1 saturated heterocycles. The van der Waals surface area contributed by atoms with Crippen LogP contribution in [0.25, 0.3) is 0 Å². The van der Waals surface area contributed by atoms with E-state index in [1.807, 2.05) is 18.2 Å². The summed E-state index contributed by atoms with van der Waals surface area (Å²) < 4.78 is 26.7. The smallest absolute Gasteiger partial charge is 0.254 e. The fourth-order valence-corrected chi connectivity index (χ4v) is 2.96. The van der Waals surface area contributed by atoms with E-state index in [2.05, 4.69) is 27.2 Å². The van der Waals surface area contributed by atoms with Crippen molar-refractivity contribution in [3.05, 3.63) is 65.7 Å². The van der Waals surface area contributed by atoms with Crippen LogP contribution < -0.4 is 10.2 Å². The molecule has 1 amide bonds. The predicted octanol–water partition coefficient (Wildman–Crippen LogP) is 2.52. The molecular weight excluding hydrogens is 324 g/mol. The number of carbonyl (C=O) groups is 1. The summed E-state index contributed by atoms with van der Waals surface area (Å²) in [6.45, 7) is 4.75. The highest BCUT2D eigenvalue weighted by Gasteiger charge is 2.17. The number of nitrogens with one attached hydrogen (secondary N) is 1. The summed E-state index contributed by atoms with van der Waals surface area (Å²) in [7, 11) is 0. The highest BCUT2D eigenvalue weighted by Crippen LogP contribution is 2.15. The molecule has 0 saturated carbocycles. The minimum absolute atomic E-state index is 0.256. The monoisotopic (exact) mass is 345 g/mol. The summed E-state index contributed by atoms with van der Waals surface area (Å²) in [5, 5.41) is 2.66. The van der Waals surface area contributed by atoms with Gasteiger partial charge < -0.3 is 10.2 Å². The van der Waals surface area contributed by atoms with Gasteiger partial charge in [0.1, 0.15) is 11.6 Å². The van der Waals surface area contributed by atoms with Crippen LogP contribution in [0.3, 0.4) is 0 Å². The van der Waals surface area contributed by atoms with Crippen molar-refractivity contribution in [1.29, 1.82) is 0 Å². The van der Waals surface area contributed by atoms with Gasteiger partial charge in [-0.15, -0.1) is 0 Å². The van der Waals surface area contributed by atoms with Crippen molar-refractivity contribution in [2.45, 2.75) is 0 Å². The van der Waals surface area contributed by atoms with Gasteiger partial charge in [0.2, 0.25) is 0 Å². The number of para-hydroxylation sites is 1. The Balaban J connectivity index is 1.43. The molecule has 1 aliphatic heterocycles. The number of nitrogens with zero attached hydrogens (tertiary/aromatic N) is 2. The summed E-state index contributed by atoms with van der Waals surface area (Å²) in [5.74, 6) is -1.92. The van der Waals surface area contributed by atoms with E-state index >= 15 is 0 Å². The van der Waals surface area contributed by atoms with Crippen molar-refractivity contribution in [2.24, 2.45) is 0 Å². The van der Waals surface area contributed by atoms with Crippen LogP contribution in [0.1, 0.15) is 10.4 Å². The van der Waals surface area contributed by atoms with E-state index < -0.39 is 17.5 Å². The minimum Gasteiger partial charge on any atom is -0.369 e. The molecule has 0 spiro atoms. The van der Waals surface area contributed by atoms with E-state index in [0.29, 0.717) is 13.1 Å². The summed E-state index contributed by atoms with van der Waals surface area (Å²) >= 11 is 0. The zero-order valence-electron chi connectivity index (χ0n) is 13.9. The Bertz CT molecular complexity index is 716. The first-order valence-electron chi connectivity index (χ1n) is 8.39. The summed E-state index contributed by atoms with van der Waals surface area (Å²) in [6.07, 6.45) is 0. The van der Waals surface area contributed by atoms with Gasteiger partial charge >= 0.3 is 0 Å². The van der Waals surface area contributed by atoms with Gasteiger partial charge in [-0.1, -0.05) is 18.2 Å². The van der Waals surface area contributed by atoms with Crippen LogP contribution in [0.2, 0.25) is 0 Å². The number of amides is 1. The van der Waals surface area contributed by atoms with E-state index in [-0.39, 0.29) is 5.56 Å². The second-order valence-corrected chi connectivity index (χ2v) is 6.04. The molecular formula is C19H21F2N3O. The van der Waals surface area contributed by atoms with Crippen LogP contribution in [0.5, 0.6) is 0 Å². The van der Waals surface area contributed by atoms with E-state index in [4.69, 9.17) is 0 Å². The highest BCUT2D eigenvalue weighted by molar-refractivity contribution is 5.94. The maximum atomic E-state index is 13.6. The lowest BCUT2D eigenvalue weighted by Gasteiger charge is -2.36. The van der Waals surface area contributed by atoms with Crippen LogP contribution in [-0.4, -0.2) is 50.1 Å². The average molecular weight is 345 g/mol. The molecule has 2 aromatic carbocycles. The number of hydrogen-bond acceptors (Lipinski definition) is 3. The molecule has 1 N–H and O–H groups in total. The molecule has 0 aliphatic carbocycles.